The Hall–Kier alpha value is -3.30. The largest absolute Gasteiger partial charge is 0.465 e. The molecule has 0 aromatic rings. The summed E-state index contributed by atoms with van der Waals surface area (Å²) in [6.07, 6.45) is 1.67. The van der Waals surface area contributed by atoms with E-state index < -0.39 is 47.3 Å². The molecule has 0 fully saturated rings. The summed E-state index contributed by atoms with van der Waals surface area (Å²) in [6.45, 7) is -0.175. The number of rotatable bonds is 6. The Labute approximate surface area is 152 Å². The first-order valence-electron chi connectivity index (χ1n) is 8.17. The molecule has 142 valence electrons. The van der Waals surface area contributed by atoms with Gasteiger partial charge in [0.05, 0.1) is 19.1 Å². The van der Waals surface area contributed by atoms with Crippen LogP contribution in [0.2, 0.25) is 0 Å². The van der Waals surface area contributed by atoms with Crippen molar-refractivity contribution in [2.24, 2.45) is 5.92 Å². The van der Waals surface area contributed by atoms with Crippen molar-refractivity contribution in [3.63, 3.8) is 0 Å². The summed E-state index contributed by atoms with van der Waals surface area (Å²) in [5.74, 6) is -5.41. The molecule has 0 amide bonds. The quantitative estimate of drug-likeness (QED) is 0.198. The van der Waals surface area contributed by atoms with Crippen molar-refractivity contribution in [1.82, 2.24) is 0 Å². The Bertz CT molecular complexity index is 816. The van der Waals surface area contributed by atoms with Gasteiger partial charge < -0.3 is 18.9 Å². The van der Waals surface area contributed by atoms with Gasteiger partial charge in [-0.2, -0.15) is 0 Å². The van der Waals surface area contributed by atoms with E-state index in [0.29, 0.717) is 12.0 Å². The average molecular weight is 378 g/mol. The second-order valence-electron chi connectivity index (χ2n) is 6.00. The SMILES string of the molecule is O=C1C=C(C(=O)OCCCOC(=O)C2CCC3=C(C2)C(=O)OC3=O)C(=O)O1. The van der Waals surface area contributed by atoms with Gasteiger partial charge in [-0.25, -0.2) is 24.0 Å². The molecule has 10 heteroatoms. The van der Waals surface area contributed by atoms with Crippen molar-refractivity contribution < 1.29 is 47.7 Å². The maximum absolute atomic E-state index is 12.1. The van der Waals surface area contributed by atoms with Gasteiger partial charge in [-0.1, -0.05) is 0 Å². The Morgan fingerprint density at radius 1 is 0.963 bits per heavy atom. The van der Waals surface area contributed by atoms with E-state index >= 15 is 0 Å². The number of hydrogen-bond donors (Lipinski definition) is 0. The molecule has 2 aliphatic heterocycles. The van der Waals surface area contributed by atoms with Crippen molar-refractivity contribution in [2.75, 3.05) is 13.2 Å². The lowest BCUT2D eigenvalue weighted by molar-refractivity contribution is -0.153. The highest BCUT2D eigenvalue weighted by molar-refractivity contribution is 6.23. The number of carbonyl (C=O) groups is 6. The molecule has 0 aromatic carbocycles. The molecule has 2 heterocycles. The summed E-state index contributed by atoms with van der Waals surface area (Å²) in [7, 11) is 0. The number of hydrogen-bond acceptors (Lipinski definition) is 10. The zero-order valence-electron chi connectivity index (χ0n) is 14.0. The predicted octanol–water partition coefficient (Wildman–Crippen LogP) is -0.347. The van der Waals surface area contributed by atoms with Gasteiger partial charge in [0, 0.05) is 23.6 Å². The Kier molecular flexibility index (Phi) is 5.15. The molecule has 27 heavy (non-hydrogen) atoms. The second kappa shape index (κ2) is 7.52. The van der Waals surface area contributed by atoms with Crippen LogP contribution in [0.25, 0.3) is 0 Å². The molecule has 0 radical (unpaired) electrons. The summed E-state index contributed by atoms with van der Waals surface area (Å²) < 4.78 is 18.6. The van der Waals surface area contributed by atoms with Crippen LogP contribution in [0.15, 0.2) is 22.8 Å². The van der Waals surface area contributed by atoms with Gasteiger partial charge in [0.1, 0.15) is 0 Å². The van der Waals surface area contributed by atoms with Crippen LogP contribution in [0.4, 0.5) is 0 Å². The highest BCUT2D eigenvalue weighted by atomic mass is 16.6. The first kappa shape index (κ1) is 18.5. The molecule has 3 rings (SSSR count). The third kappa shape index (κ3) is 3.94. The molecule has 0 aromatic heterocycles. The first-order valence-corrected chi connectivity index (χ1v) is 8.17. The van der Waals surface area contributed by atoms with Crippen molar-refractivity contribution in [3.05, 3.63) is 22.8 Å². The number of ether oxygens (including phenoxy) is 4. The standard InChI is InChI=1S/C17H14O10/c18-12-7-11(17(23)26-12)14(20)25-5-1-4-24-13(19)8-2-3-9-10(6-8)16(22)27-15(9)21/h7-8H,1-6H2. The van der Waals surface area contributed by atoms with Crippen LogP contribution in [0.3, 0.4) is 0 Å². The summed E-state index contributed by atoms with van der Waals surface area (Å²) >= 11 is 0. The maximum Gasteiger partial charge on any atom is 0.353 e. The lowest BCUT2D eigenvalue weighted by Gasteiger charge is -2.19. The summed E-state index contributed by atoms with van der Waals surface area (Å²) in [6, 6.07) is 0. The molecule has 1 unspecified atom stereocenters. The van der Waals surface area contributed by atoms with Crippen LogP contribution in [0, 0.1) is 5.92 Å². The van der Waals surface area contributed by atoms with Crippen molar-refractivity contribution >= 4 is 35.8 Å². The van der Waals surface area contributed by atoms with Gasteiger partial charge in [-0.15, -0.1) is 0 Å². The highest BCUT2D eigenvalue weighted by Crippen LogP contribution is 2.35. The van der Waals surface area contributed by atoms with Gasteiger partial charge in [0.25, 0.3) is 0 Å². The lowest BCUT2D eigenvalue weighted by Crippen LogP contribution is -2.23. The molecule has 0 spiro atoms. The number of cyclic esters (lactones) is 4. The molecule has 3 aliphatic rings. The smallest absolute Gasteiger partial charge is 0.353 e. The number of esters is 6. The van der Waals surface area contributed by atoms with E-state index in [1.807, 2.05) is 0 Å². The fourth-order valence-corrected chi connectivity index (χ4v) is 2.87. The van der Waals surface area contributed by atoms with Crippen LogP contribution in [-0.2, 0) is 47.7 Å². The molecular formula is C17H14O10. The minimum absolute atomic E-state index is 0.0413. The van der Waals surface area contributed by atoms with E-state index in [0.717, 1.165) is 6.08 Å². The minimum atomic E-state index is -1.06. The summed E-state index contributed by atoms with van der Waals surface area (Å²) in [5, 5.41) is 0. The molecule has 0 bridgehead atoms. The highest BCUT2D eigenvalue weighted by Gasteiger charge is 2.39. The van der Waals surface area contributed by atoms with Crippen molar-refractivity contribution in [1.29, 1.82) is 0 Å². The van der Waals surface area contributed by atoms with Crippen LogP contribution in [-0.4, -0.2) is 49.0 Å². The molecule has 0 saturated heterocycles. The Morgan fingerprint density at radius 3 is 2.37 bits per heavy atom. The van der Waals surface area contributed by atoms with E-state index in [4.69, 9.17) is 9.47 Å². The van der Waals surface area contributed by atoms with Gasteiger partial charge in [0.2, 0.25) is 0 Å². The van der Waals surface area contributed by atoms with Gasteiger partial charge >= 0.3 is 35.8 Å². The van der Waals surface area contributed by atoms with Crippen LogP contribution >= 0.6 is 0 Å². The summed E-state index contributed by atoms with van der Waals surface area (Å²) in [5.41, 5.74) is 0.0730. The minimum Gasteiger partial charge on any atom is -0.465 e. The van der Waals surface area contributed by atoms with Crippen molar-refractivity contribution in [3.8, 4) is 0 Å². The average Bonchev–Trinajstić information content (AvgIpc) is 3.12. The number of carbonyl (C=O) groups excluding carboxylic acids is 6. The zero-order valence-corrected chi connectivity index (χ0v) is 14.0. The molecular weight excluding hydrogens is 364 g/mol. The molecule has 0 saturated carbocycles. The Morgan fingerprint density at radius 2 is 1.67 bits per heavy atom. The van der Waals surface area contributed by atoms with Gasteiger partial charge in [-0.3, -0.25) is 4.79 Å². The third-order valence-corrected chi connectivity index (χ3v) is 4.23. The van der Waals surface area contributed by atoms with E-state index in [9.17, 15) is 28.8 Å². The predicted molar refractivity (Wildman–Crippen MR) is 81.2 cm³/mol. The van der Waals surface area contributed by atoms with Crippen LogP contribution in [0.1, 0.15) is 25.7 Å². The fourth-order valence-electron chi connectivity index (χ4n) is 2.87. The topological polar surface area (TPSA) is 139 Å². The first-order chi connectivity index (χ1) is 12.9. The van der Waals surface area contributed by atoms with E-state index in [2.05, 4.69) is 9.47 Å². The zero-order chi connectivity index (χ0) is 19.6. The third-order valence-electron chi connectivity index (χ3n) is 4.23. The lowest BCUT2D eigenvalue weighted by atomic mass is 9.85. The fraction of sp³-hybridized carbons (Fsp3) is 0.412. The Balaban J connectivity index is 1.38. The van der Waals surface area contributed by atoms with Gasteiger partial charge in [-0.05, 0) is 19.3 Å². The van der Waals surface area contributed by atoms with Crippen LogP contribution in [0.5, 0.6) is 0 Å². The van der Waals surface area contributed by atoms with Crippen molar-refractivity contribution in [2.45, 2.75) is 25.7 Å². The molecule has 10 nitrogen and oxygen atoms in total. The van der Waals surface area contributed by atoms with E-state index in [1.165, 1.54) is 0 Å². The molecule has 0 N–H and O–H groups in total. The van der Waals surface area contributed by atoms with Crippen LogP contribution < -0.4 is 0 Å². The second-order valence-corrected chi connectivity index (χ2v) is 6.00. The molecule has 1 atom stereocenters. The van der Waals surface area contributed by atoms with E-state index in [-0.39, 0.29) is 38.0 Å². The molecule has 1 aliphatic carbocycles. The van der Waals surface area contributed by atoms with E-state index in [1.54, 1.807) is 0 Å². The monoisotopic (exact) mass is 378 g/mol. The normalized spacial score (nSPS) is 21.5. The van der Waals surface area contributed by atoms with Gasteiger partial charge in [0.15, 0.2) is 5.57 Å². The summed E-state index contributed by atoms with van der Waals surface area (Å²) in [4.78, 5) is 68.6. The maximum atomic E-state index is 12.1.